The lowest BCUT2D eigenvalue weighted by Gasteiger charge is -2.28. The Bertz CT molecular complexity index is 2430. The summed E-state index contributed by atoms with van der Waals surface area (Å²) in [5.74, 6) is 0. The van der Waals surface area contributed by atoms with Crippen LogP contribution in [0.5, 0.6) is 0 Å². The Morgan fingerprint density at radius 3 is 1.85 bits per heavy atom. The molecule has 0 saturated heterocycles. The van der Waals surface area contributed by atoms with Gasteiger partial charge in [-0.1, -0.05) is 129 Å². The third kappa shape index (κ3) is 4.26. The van der Waals surface area contributed by atoms with Crippen molar-refractivity contribution in [3.8, 4) is 27.9 Å². The van der Waals surface area contributed by atoms with Crippen molar-refractivity contribution < 1.29 is 0 Å². The van der Waals surface area contributed by atoms with E-state index < -0.39 is 0 Å². The van der Waals surface area contributed by atoms with Gasteiger partial charge in [0.25, 0.3) is 0 Å². The van der Waals surface area contributed by atoms with E-state index in [2.05, 4.69) is 193 Å². The van der Waals surface area contributed by atoms with E-state index in [1.54, 1.807) is 0 Å². The zero-order chi connectivity index (χ0) is 31.5. The van der Waals surface area contributed by atoms with E-state index in [-0.39, 0.29) is 5.41 Å². The molecule has 224 valence electrons. The second-order valence-corrected chi connectivity index (χ2v) is 13.0. The lowest BCUT2D eigenvalue weighted by atomic mass is 9.82. The van der Waals surface area contributed by atoms with E-state index in [9.17, 15) is 0 Å². The van der Waals surface area contributed by atoms with Crippen LogP contribution >= 0.6 is 0 Å². The summed E-state index contributed by atoms with van der Waals surface area (Å²) in [7, 11) is 0. The first kappa shape index (κ1) is 27.5. The molecule has 0 amide bonds. The monoisotopic (exact) mass is 602 g/mol. The summed E-state index contributed by atoms with van der Waals surface area (Å²) in [5, 5.41) is 2.47. The van der Waals surface area contributed by atoms with Crippen LogP contribution in [0, 0.1) is 0 Å². The van der Waals surface area contributed by atoms with E-state index in [0.717, 1.165) is 17.1 Å². The third-order valence-corrected chi connectivity index (χ3v) is 9.98. The van der Waals surface area contributed by atoms with Crippen LogP contribution in [0.2, 0.25) is 0 Å². The normalized spacial score (nSPS) is 13.1. The Morgan fingerprint density at radius 2 is 1.02 bits per heavy atom. The number of rotatable bonds is 5. The van der Waals surface area contributed by atoms with E-state index in [0.29, 0.717) is 0 Å². The van der Waals surface area contributed by atoms with Gasteiger partial charge >= 0.3 is 0 Å². The van der Waals surface area contributed by atoms with Gasteiger partial charge < -0.3 is 9.47 Å². The van der Waals surface area contributed by atoms with Crippen LogP contribution in [-0.2, 0) is 5.41 Å². The molecule has 0 aliphatic heterocycles. The molecule has 0 atom stereocenters. The van der Waals surface area contributed by atoms with Gasteiger partial charge in [-0.25, -0.2) is 0 Å². The predicted octanol–water partition coefficient (Wildman–Crippen LogP) is 12.2. The average Bonchev–Trinajstić information content (AvgIpc) is 3.57. The second-order valence-electron chi connectivity index (χ2n) is 13.0. The van der Waals surface area contributed by atoms with Gasteiger partial charge in [0.1, 0.15) is 0 Å². The highest BCUT2D eigenvalue weighted by atomic mass is 15.1. The third-order valence-electron chi connectivity index (χ3n) is 9.98. The second kappa shape index (κ2) is 10.6. The molecule has 0 spiro atoms. The van der Waals surface area contributed by atoms with Crippen molar-refractivity contribution in [2.45, 2.75) is 19.3 Å². The summed E-state index contributed by atoms with van der Waals surface area (Å²) in [6.45, 7) is 4.70. The van der Waals surface area contributed by atoms with Gasteiger partial charge in [-0.15, -0.1) is 0 Å². The van der Waals surface area contributed by atoms with Crippen LogP contribution in [0.25, 0.3) is 49.7 Å². The van der Waals surface area contributed by atoms with Crippen LogP contribution in [0.3, 0.4) is 0 Å². The SMILES string of the molecule is CC1(C)c2ccccc2-c2ccc(N(c3ccccc3)c3ccc4c(c3)c3ccccc3n4-c3ccccc3-c3ccccc3)cc21. The standard InChI is InChI=1S/C45H34N2/c1-45(2)40-22-12-9-20-36(40)37-27-25-34(30-41(37)45)46(32-17-7-4-8-18-32)33-26-28-44-39(29-33)38-21-11-14-24-43(38)47(44)42-23-13-10-19-35(42)31-15-5-3-6-16-31/h3-30H,1-2H3. The van der Waals surface area contributed by atoms with Crippen LogP contribution in [0.4, 0.5) is 17.1 Å². The molecule has 1 heterocycles. The molecule has 2 nitrogen and oxygen atoms in total. The van der Waals surface area contributed by atoms with Gasteiger partial charge in [0.05, 0.1) is 16.7 Å². The van der Waals surface area contributed by atoms with E-state index in [4.69, 9.17) is 0 Å². The average molecular weight is 603 g/mol. The largest absolute Gasteiger partial charge is 0.310 e. The Kier molecular flexibility index (Phi) is 6.20. The Hall–Kier alpha value is -5.86. The number of anilines is 3. The minimum atomic E-state index is -0.0756. The Labute approximate surface area is 275 Å². The van der Waals surface area contributed by atoms with E-state index in [1.165, 1.54) is 60.9 Å². The van der Waals surface area contributed by atoms with Crippen molar-refractivity contribution in [2.24, 2.45) is 0 Å². The molecule has 1 aliphatic carbocycles. The van der Waals surface area contributed by atoms with Gasteiger partial charge in [-0.3, -0.25) is 0 Å². The summed E-state index contributed by atoms with van der Waals surface area (Å²) in [6.07, 6.45) is 0. The highest BCUT2D eigenvalue weighted by Crippen LogP contribution is 2.51. The molecule has 0 unspecified atom stereocenters. The summed E-state index contributed by atoms with van der Waals surface area (Å²) < 4.78 is 2.43. The number of benzene rings is 7. The highest BCUT2D eigenvalue weighted by Gasteiger charge is 2.35. The Morgan fingerprint density at radius 1 is 0.426 bits per heavy atom. The smallest absolute Gasteiger partial charge is 0.0542 e. The molecule has 1 aliphatic rings. The maximum Gasteiger partial charge on any atom is 0.0542 e. The lowest BCUT2D eigenvalue weighted by molar-refractivity contribution is 0.660. The molecule has 0 bridgehead atoms. The number of para-hydroxylation sites is 3. The lowest BCUT2D eigenvalue weighted by Crippen LogP contribution is -2.16. The molecule has 9 rings (SSSR count). The van der Waals surface area contributed by atoms with E-state index in [1.807, 2.05) is 0 Å². The van der Waals surface area contributed by atoms with Crippen molar-refractivity contribution in [1.29, 1.82) is 0 Å². The predicted molar refractivity (Wildman–Crippen MR) is 198 cm³/mol. The first-order valence-electron chi connectivity index (χ1n) is 16.4. The maximum absolute atomic E-state index is 2.43. The zero-order valence-corrected chi connectivity index (χ0v) is 26.6. The Balaban J connectivity index is 1.26. The molecule has 7 aromatic carbocycles. The molecule has 0 N–H and O–H groups in total. The first-order valence-corrected chi connectivity index (χ1v) is 16.4. The molecule has 2 heteroatoms. The van der Waals surface area contributed by atoms with Gasteiger partial charge in [0.15, 0.2) is 0 Å². The van der Waals surface area contributed by atoms with Crippen LogP contribution < -0.4 is 4.90 Å². The first-order chi connectivity index (χ1) is 23.1. The molecular weight excluding hydrogens is 569 g/mol. The fraction of sp³-hybridized carbons (Fsp3) is 0.0667. The molecule has 0 saturated carbocycles. The minimum Gasteiger partial charge on any atom is -0.310 e. The quantitative estimate of drug-likeness (QED) is 0.190. The van der Waals surface area contributed by atoms with Crippen LogP contribution in [0.15, 0.2) is 170 Å². The number of fused-ring (bicyclic) bond motifs is 6. The topological polar surface area (TPSA) is 8.17 Å². The van der Waals surface area contributed by atoms with Gasteiger partial charge in [-0.2, -0.15) is 0 Å². The van der Waals surface area contributed by atoms with Crippen molar-refractivity contribution in [3.05, 3.63) is 181 Å². The molecule has 47 heavy (non-hydrogen) atoms. The number of nitrogens with zero attached hydrogens (tertiary/aromatic N) is 2. The summed E-state index contributed by atoms with van der Waals surface area (Å²) >= 11 is 0. The number of aromatic nitrogens is 1. The van der Waals surface area contributed by atoms with Crippen LogP contribution in [-0.4, -0.2) is 4.57 Å². The maximum atomic E-state index is 2.43. The summed E-state index contributed by atoms with van der Waals surface area (Å²) in [4.78, 5) is 2.41. The van der Waals surface area contributed by atoms with Crippen LogP contribution in [0.1, 0.15) is 25.0 Å². The van der Waals surface area contributed by atoms with Gasteiger partial charge in [-0.05, 0) is 82.4 Å². The summed E-state index contributed by atoms with van der Waals surface area (Å²) in [5.41, 5.74) is 14.8. The number of hydrogen-bond acceptors (Lipinski definition) is 1. The fourth-order valence-electron chi connectivity index (χ4n) is 7.75. The molecular formula is C45H34N2. The van der Waals surface area contributed by atoms with Crippen molar-refractivity contribution in [1.82, 2.24) is 4.57 Å². The molecule has 8 aromatic rings. The fourth-order valence-corrected chi connectivity index (χ4v) is 7.75. The van der Waals surface area contributed by atoms with Crippen molar-refractivity contribution in [2.75, 3.05) is 4.90 Å². The zero-order valence-electron chi connectivity index (χ0n) is 26.6. The van der Waals surface area contributed by atoms with E-state index >= 15 is 0 Å². The molecule has 0 radical (unpaired) electrons. The highest BCUT2D eigenvalue weighted by molar-refractivity contribution is 6.11. The van der Waals surface area contributed by atoms with Gasteiger partial charge in [0, 0.05) is 38.8 Å². The molecule has 1 aromatic heterocycles. The summed E-state index contributed by atoms with van der Waals surface area (Å²) in [6, 6.07) is 61.8. The molecule has 0 fully saturated rings. The van der Waals surface area contributed by atoms with Crippen molar-refractivity contribution in [3.63, 3.8) is 0 Å². The van der Waals surface area contributed by atoms with Crippen molar-refractivity contribution >= 4 is 38.9 Å². The number of hydrogen-bond donors (Lipinski definition) is 0. The minimum absolute atomic E-state index is 0.0756. The van der Waals surface area contributed by atoms with Gasteiger partial charge in [0.2, 0.25) is 0 Å².